The number of likely N-dealkylation sites (N-methyl/N-ethyl adjacent to an activating group) is 1. The van der Waals surface area contributed by atoms with Crippen LogP contribution in [-0.4, -0.2) is 61.2 Å². The maximum Gasteiger partial charge on any atom is 0.486 e. The van der Waals surface area contributed by atoms with Crippen LogP contribution < -0.4 is 0 Å². The zero-order valence-electron chi connectivity index (χ0n) is 19.8. The molecule has 2 aliphatic rings. The number of halogens is 1. The lowest BCUT2D eigenvalue weighted by Crippen LogP contribution is -2.41. The van der Waals surface area contributed by atoms with Gasteiger partial charge in [-0.25, -0.2) is 0 Å². The molecular formula is C20H40B2ClNO4. The lowest BCUT2D eigenvalue weighted by Gasteiger charge is -2.32. The molecule has 2 heterocycles. The Balaban J connectivity index is 0.00000392. The fourth-order valence-corrected chi connectivity index (χ4v) is 3.33. The molecule has 2 rings (SSSR count). The van der Waals surface area contributed by atoms with Crippen LogP contribution in [0.15, 0.2) is 10.9 Å². The maximum absolute atomic E-state index is 6.39. The van der Waals surface area contributed by atoms with E-state index in [1.54, 1.807) is 0 Å². The lowest BCUT2D eigenvalue weighted by molar-refractivity contribution is 0.00578. The summed E-state index contributed by atoms with van der Waals surface area (Å²) in [6.45, 7) is 26.0. The summed E-state index contributed by atoms with van der Waals surface area (Å²) < 4.78 is 25.5. The van der Waals surface area contributed by atoms with Gasteiger partial charge in [-0.3, -0.25) is 0 Å². The molecular weight excluding hydrogens is 375 g/mol. The van der Waals surface area contributed by atoms with Gasteiger partial charge in [0, 0.05) is 6.54 Å². The van der Waals surface area contributed by atoms with E-state index < -0.39 is 36.6 Å². The summed E-state index contributed by atoms with van der Waals surface area (Å²) in [7, 11) is -0.944. The van der Waals surface area contributed by atoms with Gasteiger partial charge in [0.1, 0.15) is 0 Å². The molecule has 162 valence electrons. The zero-order valence-corrected chi connectivity index (χ0v) is 20.6. The van der Waals surface area contributed by atoms with E-state index in [4.69, 9.17) is 18.6 Å². The molecule has 0 aromatic carbocycles. The monoisotopic (exact) mass is 415 g/mol. The molecule has 0 N–H and O–H groups in total. The Hall–Kier alpha value is -0.0401. The molecule has 0 spiro atoms. The fraction of sp³-hybridized carbons (Fsp3) is 0.900. The van der Waals surface area contributed by atoms with Crippen LogP contribution in [0.3, 0.4) is 0 Å². The second-order valence-corrected chi connectivity index (χ2v) is 9.87. The van der Waals surface area contributed by atoms with Crippen molar-refractivity contribution in [3.05, 3.63) is 10.9 Å². The normalized spacial score (nSPS) is 24.4. The van der Waals surface area contributed by atoms with Crippen molar-refractivity contribution in [2.24, 2.45) is 0 Å². The minimum absolute atomic E-state index is 0. The highest BCUT2D eigenvalue weighted by Gasteiger charge is 2.59. The summed E-state index contributed by atoms with van der Waals surface area (Å²) in [6.07, 6.45) is 0. The van der Waals surface area contributed by atoms with E-state index in [1.165, 1.54) is 5.57 Å². The van der Waals surface area contributed by atoms with Gasteiger partial charge < -0.3 is 23.5 Å². The Morgan fingerprint density at radius 2 is 0.964 bits per heavy atom. The van der Waals surface area contributed by atoms with E-state index in [-0.39, 0.29) is 12.4 Å². The van der Waals surface area contributed by atoms with Crippen molar-refractivity contribution in [1.29, 1.82) is 0 Å². The fourth-order valence-electron chi connectivity index (χ4n) is 3.33. The first-order valence-corrected chi connectivity index (χ1v) is 10.3. The van der Waals surface area contributed by atoms with Gasteiger partial charge in [-0.2, -0.15) is 0 Å². The molecule has 0 aliphatic carbocycles. The number of hydrogen-bond acceptors (Lipinski definition) is 5. The first-order valence-electron chi connectivity index (χ1n) is 10.3. The summed E-state index contributed by atoms with van der Waals surface area (Å²) in [5.74, 6) is 0. The highest BCUT2D eigenvalue weighted by Crippen LogP contribution is 2.44. The minimum atomic E-state index is -0.472. The van der Waals surface area contributed by atoms with Crippen LogP contribution in [0.1, 0.15) is 76.2 Å². The van der Waals surface area contributed by atoms with Gasteiger partial charge in [0.05, 0.1) is 22.4 Å². The Morgan fingerprint density at radius 1 is 0.679 bits per heavy atom. The van der Waals surface area contributed by atoms with Gasteiger partial charge in [0.2, 0.25) is 0 Å². The first kappa shape index (κ1) is 26.0. The highest BCUT2D eigenvalue weighted by molar-refractivity contribution is 6.78. The van der Waals surface area contributed by atoms with Crippen molar-refractivity contribution >= 4 is 26.6 Å². The Morgan fingerprint density at radius 3 is 1.21 bits per heavy atom. The molecule has 8 heteroatoms. The molecule has 2 saturated heterocycles. The van der Waals surface area contributed by atoms with E-state index >= 15 is 0 Å². The smallest absolute Gasteiger partial charge is 0.400 e. The molecule has 0 radical (unpaired) electrons. The molecule has 0 amide bonds. The van der Waals surface area contributed by atoms with E-state index in [1.807, 2.05) is 0 Å². The van der Waals surface area contributed by atoms with Gasteiger partial charge in [0.15, 0.2) is 0 Å². The van der Waals surface area contributed by atoms with Crippen LogP contribution in [-0.2, 0) is 18.6 Å². The van der Waals surface area contributed by atoms with Crippen molar-refractivity contribution in [1.82, 2.24) is 4.90 Å². The van der Waals surface area contributed by atoms with Gasteiger partial charge in [-0.1, -0.05) is 19.4 Å². The van der Waals surface area contributed by atoms with E-state index in [0.717, 1.165) is 25.0 Å². The van der Waals surface area contributed by atoms with Crippen molar-refractivity contribution in [3.63, 3.8) is 0 Å². The predicted molar refractivity (Wildman–Crippen MR) is 120 cm³/mol. The SMILES string of the molecule is CCN(CC)CC(C)=C(B1OC(C)(C)C(C)(C)O1)B1OC(C)(C)C(C)(C)O1.Cl. The molecule has 0 saturated carbocycles. The molecule has 2 fully saturated rings. The lowest BCUT2D eigenvalue weighted by atomic mass is 9.55. The van der Waals surface area contributed by atoms with Gasteiger partial charge in [-0.15, -0.1) is 12.4 Å². The quantitative estimate of drug-likeness (QED) is 0.604. The topological polar surface area (TPSA) is 40.2 Å². The number of rotatable bonds is 6. The van der Waals surface area contributed by atoms with Crippen molar-refractivity contribution in [3.8, 4) is 0 Å². The molecule has 0 aromatic rings. The standard InChI is InChI=1S/C20H39B2NO4.ClH/c1-12-23(13-2)14-15(3)16(21-24-17(4,5)18(6,7)25-21)22-26-19(8,9)20(10,11)27-22;/h12-14H2,1-11H3;1H. The molecule has 0 aromatic heterocycles. The third kappa shape index (κ3) is 4.81. The highest BCUT2D eigenvalue weighted by atomic mass is 35.5. The summed E-state index contributed by atoms with van der Waals surface area (Å²) in [4.78, 5) is 2.38. The maximum atomic E-state index is 6.39. The number of hydrogen-bond donors (Lipinski definition) is 0. The summed E-state index contributed by atoms with van der Waals surface area (Å²) >= 11 is 0. The predicted octanol–water partition coefficient (Wildman–Crippen LogP) is 4.33. The second kappa shape index (κ2) is 8.60. The molecule has 5 nitrogen and oxygen atoms in total. The second-order valence-electron chi connectivity index (χ2n) is 9.87. The van der Waals surface area contributed by atoms with E-state index in [0.29, 0.717) is 0 Å². The van der Waals surface area contributed by atoms with Crippen molar-refractivity contribution < 1.29 is 18.6 Å². The average Bonchev–Trinajstić information content (AvgIpc) is 2.84. The van der Waals surface area contributed by atoms with E-state index in [9.17, 15) is 0 Å². The Labute approximate surface area is 179 Å². The molecule has 0 atom stereocenters. The molecule has 0 bridgehead atoms. The third-order valence-corrected chi connectivity index (χ3v) is 6.86. The molecule has 0 unspecified atom stereocenters. The van der Waals surface area contributed by atoms with Gasteiger partial charge in [-0.05, 0) is 80.8 Å². The van der Waals surface area contributed by atoms with Crippen LogP contribution >= 0.6 is 12.4 Å². The van der Waals surface area contributed by atoms with Crippen molar-refractivity contribution in [2.45, 2.75) is 98.6 Å². The van der Waals surface area contributed by atoms with E-state index in [2.05, 4.69) is 81.1 Å². The van der Waals surface area contributed by atoms with Crippen LogP contribution in [0.25, 0.3) is 0 Å². The summed E-state index contributed by atoms with van der Waals surface area (Å²) in [6, 6.07) is 0. The average molecular weight is 416 g/mol. The number of nitrogens with zero attached hydrogens (tertiary/aromatic N) is 1. The minimum Gasteiger partial charge on any atom is -0.400 e. The van der Waals surface area contributed by atoms with Crippen LogP contribution in [0.4, 0.5) is 0 Å². The largest absolute Gasteiger partial charge is 0.486 e. The van der Waals surface area contributed by atoms with Crippen molar-refractivity contribution in [2.75, 3.05) is 19.6 Å². The third-order valence-electron chi connectivity index (χ3n) is 6.86. The molecule has 2 aliphatic heterocycles. The van der Waals surface area contributed by atoms with Crippen LogP contribution in [0.5, 0.6) is 0 Å². The first-order chi connectivity index (χ1) is 12.2. The Kier molecular flexibility index (Phi) is 7.99. The van der Waals surface area contributed by atoms with Crippen LogP contribution in [0.2, 0.25) is 0 Å². The summed E-state index contributed by atoms with van der Waals surface area (Å²) in [5.41, 5.74) is -0.413. The zero-order chi connectivity index (χ0) is 20.8. The van der Waals surface area contributed by atoms with Gasteiger partial charge in [0.25, 0.3) is 0 Å². The summed E-state index contributed by atoms with van der Waals surface area (Å²) in [5, 5.41) is 0.971. The Bertz CT molecular complexity index is 519. The van der Waals surface area contributed by atoms with Crippen LogP contribution in [0, 0.1) is 0 Å². The molecule has 28 heavy (non-hydrogen) atoms. The van der Waals surface area contributed by atoms with Gasteiger partial charge >= 0.3 is 14.2 Å².